The molecule has 0 aliphatic heterocycles. The largest absolute Gasteiger partial charge is 0.374 e. The van der Waals surface area contributed by atoms with Crippen molar-refractivity contribution in [1.29, 1.82) is 0 Å². The zero-order valence-electron chi connectivity index (χ0n) is 11.4. The Labute approximate surface area is 107 Å². The second-order valence-electron chi connectivity index (χ2n) is 5.15. The molecule has 0 saturated carbocycles. The maximum atomic E-state index is 14.0. The van der Waals surface area contributed by atoms with Gasteiger partial charge in [-0.15, -0.1) is 0 Å². The molecule has 18 heavy (non-hydrogen) atoms. The van der Waals surface area contributed by atoms with Gasteiger partial charge in [-0.1, -0.05) is 6.07 Å². The van der Waals surface area contributed by atoms with E-state index in [9.17, 15) is 4.39 Å². The van der Waals surface area contributed by atoms with Crippen LogP contribution >= 0.6 is 0 Å². The summed E-state index contributed by atoms with van der Waals surface area (Å²) in [6, 6.07) is 5.52. The number of ether oxygens (including phenoxy) is 1. The van der Waals surface area contributed by atoms with Crippen molar-refractivity contribution in [2.45, 2.75) is 46.4 Å². The highest BCUT2D eigenvalue weighted by Crippen LogP contribution is 2.27. The van der Waals surface area contributed by atoms with Gasteiger partial charge in [-0.05, 0) is 39.8 Å². The molecular formula is C15H20FNO. The van der Waals surface area contributed by atoms with Crippen LogP contribution in [0.2, 0.25) is 0 Å². The van der Waals surface area contributed by atoms with E-state index in [1.165, 1.54) is 6.07 Å². The van der Waals surface area contributed by atoms with Gasteiger partial charge in [0.25, 0.3) is 0 Å². The van der Waals surface area contributed by atoms with Gasteiger partial charge in [0, 0.05) is 23.2 Å². The predicted octanol–water partition coefficient (Wildman–Crippen LogP) is 4.29. The molecule has 2 rings (SSSR count). The third-order valence-corrected chi connectivity index (χ3v) is 3.01. The highest BCUT2D eigenvalue weighted by molar-refractivity contribution is 5.84. The van der Waals surface area contributed by atoms with Gasteiger partial charge in [0.1, 0.15) is 5.82 Å². The maximum Gasteiger partial charge on any atom is 0.132 e. The summed E-state index contributed by atoms with van der Waals surface area (Å²) in [5.74, 6) is -0.172. The monoisotopic (exact) mass is 249 g/mol. The van der Waals surface area contributed by atoms with Crippen molar-refractivity contribution in [2.75, 3.05) is 0 Å². The third kappa shape index (κ3) is 2.41. The molecule has 1 aromatic heterocycles. The number of rotatable bonds is 4. The molecule has 0 bridgehead atoms. The van der Waals surface area contributed by atoms with Gasteiger partial charge in [0.2, 0.25) is 0 Å². The fourth-order valence-corrected chi connectivity index (χ4v) is 2.14. The van der Waals surface area contributed by atoms with E-state index in [0.717, 1.165) is 11.1 Å². The Morgan fingerprint density at radius 3 is 2.56 bits per heavy atom. The van der Waals surface area contributed by atoms with Gasteiger partial charge in [0.05, 0.1) is 18.2 Å². The van der Waals surface area contributed by atoms with E-state index < -0.39 is 0 Å². The van der Waals surface area contributed by atoms with Crippen molar-refractivity contribution in [3.63, 3.8) is 0 Å². The van der Waals surface area contributed by atoms with Gasteiger partial charge < -0.3 is 9.30 Å². The first-order valence-corrected chi connectivity index (χ1v) is 6.40. The molecule has 0 spiro atoms. The van der Waals surface area contributed by atoms with Crippen LogP contribution in [0.3, 0.4) is 0 Å². The lowest BCUT2D eigenvalue weighted by Crippen LogP contribution is -2.02. The molecule has 98 valence electrons. The second kappa shape index (κ2) is 5.11. The maximum absolute atomic E-state index is 14.0. The van der Waals surface area contributed by atoms with Crippen molar-refractivity contribution in [3.05, 3.63) is 35.8 Å². The molecule has 0 aliphatic carbocycles. The van der Waals surface area contributed by atoms with Crippen LogP contribution in [0, 0.1) is 5.82 Å². The Bertz CT molecular complexity index is 543. The minimum atomic E-state index is -0.172. The molecule has 0 aliphatic rings. The van der Waals surface area contributed by atoms with Crippen LogP contribution in [0.1, 0.15) is 39.3 Å². The number of hydrogen-bond acceptors (Lipinski definition) is 1. The average molecular weight is 249 g/mol. The van der Waals surface area contributed by atoms with Crippen molar-refractivity contribution < 1.29 is 9.13 Å². The van der Waals surface area contributed by atoms with E-state index in [0.29, 0.717) is 18.0 Å². The zero-order valence-corrected chi connectivity index (χ0v) is 11.4. The van der Waals surface area contributed by atoms with Crippen molar-refractivity contribution in [3.8, 4) is 0 Å². The van der Waals surface area contributed by atoms with Crippen molar-refractivity contribution >= 4 is 10.9 Å². The summed E-state index contributed by atoms with van der Waals surface area (Å²) in [6.07, 6.45) is 2.15. The molecule has 0 radical (unpaired) electrons. The summed E-state index contributed by atoms with van der Waals surface area (Å²) in [5, 5.41) is 0.687. The zero-order chi connectivity index (χ0) is 13.3. The van der Waals surface area contributed by atoms with Gasteiger partial charge in [-0.3, -0.25) is 0 Å². The fraction of sp³-hybridized carbons (Fsp3) is 0.467. The highest BCUT2D eigenvalue weighted by Gasteiger charge is 2.14. The fourth-order valence-electron chi connectivity index (χ4n) is 2.14. The molecular weight excluding hydrogens is 229 g/mol. The van der Waals surface area contributed by atoms with E-state index in [4.69, 9.17) is 4.74 Å². The number of hydrogen-bond donors (Lipinski definition) is 0. The number of fused-ring (bicyclic) bond motifs is 1. The van der Waals surface area contributed by atoms with Crippen LogP contribution in [0.4, 0.5) is 4.39 Å². The van der Waals surface area contributed by atoms with Gasteiger partial charge in [-0.25, -0.2) is 4.39 Å². The Kier molecular flexibility index (Phi) is 3.71. The quantitative estimate of drug-likeness (QED) is 0.788. The first kappa shape index (κ1) is 13.1. The Balaban J connectivity index is 2.52. The van der Waals surface area contributed by atoms with E-state index in [-0.39, 0.29) is 11.9 Å². The van der Waals surface area contributed by atoms with Crippen LogP contribution in [0.25, 0.3) is 10.9 Å². The Hall–Kier alpha value is -1.35. The molecule has 0 fully saturated rings. The van der Waals surface area contributed by atoms with Crippen LogP contribution in [-0.2, 0) is 11.3 Å². The molecule has 2 aromatic rings. The summed E-state index contributed by atoms with van der Waals surface area (Å²) in [6.45, 7) is 8.61. The summed E-state index contributed by atoms with van der Waals surface area (Å²) in [5.41, 5.74) is 1.86. The number of aromatic nitrogens is 1. The first-order chi connectivity index (χ1) is 8.50. The lowest BCUT2D eigenvalue weighted by Gasteiger charge is -2.08. The summed E-state index contributed by atoms with van der Waals surface area (Å²) >= 11 is 0. The van der Waals surface area contributed by atoms with Crippen LogP contribution < -0.4 is 0 Å². The molecule has 2 nitrogen and oxygen atoms in total. The van der Waals surface area contributed by atoms with Gasteiger partial charge in [-0.2, -0.15) is 0 Å². The predicted molar refractivity (Wildman–Crippen MR) is 72.2 cm³/mol. The van der Waals surface area contributed by atoms with Gasteiger partial charge >= 0.3 is 0 Å². The molecule has 1 aromatic carbocycles. The number of benzene rings is 1. The second-order valence-corrected chi connectivity index (χ2v) is 5.15. The van der Waals surface area contributed by atoms with Gasteiger partial charge in [0.15, 0.2) is 0 Å². The standard InChI is InChI=1S/C15H20FNO/c1-10(2)17-8-12(9-18-11(3)4)15-13(16)6-5-7-14(15)17/h5-8,10-11H,9H2,1-4H3. The SMILES string of the molecule is CC(C)OCc1cn(C(C)C)c2cccc(F)c12. The third-order valence-electron chi connectivity index (χ3n) is 3.01. The minimum absolute atomic E-state index is 0.147. The molecule has 0 atom stereocenters. The lowest BCUT2D eigenvalue weighted by atomic mass is 10.2. The van der Waals surface area contributed by atoms with E-state index in [2.05, 4.69) is 18.4 Å². The molecule has 0 saturated heterocycles. The normalized spacial score (nSPS) is 11.9. The topological polar surface area (TPSA) is 14.2 Å². The molecule has 0 unspecified atom stereocenters. The molecule has 0 N–H and O–H groups in total. The van der Waals surface area contributed by atoms with Crippen LogP contribution in [0.15, 0.2) is 24.4 Å². The average Bonchev–Trinajstić information content (AvgIpc) is 2.67. The minimum Gasteiger partial charge on any atom is -0.374 e. The van der Waals surface area contributed by atoms with Crippen LogP contribution in [-0.4, -0.2) is 10.7 Å². The number of halogens is 1. The lowest BCUT2D eigenvalue weighted by molar-refractivity contribution is 0.0662. The summed E-state index contributed by atoms with van der Waals surface area (Å²) < 4.78 is 21.7. The smallest absolute Gasteiger partial charge is 0.132 e. The highest BCUT2D eigenvalue weighted by atomic mass is 19.1. The van der Waals surface area contributed by atoms with Crippen molar-refractivity contribution in [1.82, 2.24) is 4.57 Å². The molecule has 3 heteroatoms. The first-order valence-electron chi connectivity index (χ1n) is 6.40. The van der Waals surface area contributed by atoms with E-state index >= 15 is 0 Å². The van der Waals surface area contributed by atoms with Crippen LogP contribution in [0.5, 0.6) is 0 Å². The Morgan fingerprint density at radius 1 is 1.22 bits per heavy atom. The van der Waals surface area contributed by atoms with E-state index in [1.807, 2.05) is 26.1 Å². The Morgan fingerprint density at radius 2 is 1.94 bits per heavy atom. The summed E-state index contributed by atoms with van der Waals surface area (Å²) in [4.78, 5) is 0. The van der Waals surface area contributed by atoms with Crippen molar-refractivity contribution in [2.24, 2.45) is 0 Å². The number of nitrogens with zero attached hydrogens (tertiary/aromatic N) is 1. The summed E-state index contributed by atoms with van der Waals surface area (Å²) in [7, 11) is 0. The molecule has 0 amide bonds. The van der Waals surface area contributed by atoms with E-state index in [1.54, 1.807) is 6.07 Å². The molecule has 1 heterocycles.